The highest BCUT2D eigenvalue weighted by Gasteiger charge is 2.30. The van der Waals surface area contributed by atoms with Crippen molar-refractivity contribution in [3.8, 4) is 5.75 Å². The maximum absolute atomic E-state index is 6.55. The first-order chi connectivity index (χ1) is 8.71. The Hall–Kier alpha value is -1.48. The molecular weight excluding hydrogens is 224 g/mol. The fourth-order valence-electron chi connectivity index (χ4n) is 2.95. The summed E-state index contributed by atoms with van der Waals surface area (Å²) in [6, 6.07) is 8.30. The van der Waals surface area contributed by atoms with Crippen molar-refractivity contribution in [3.63, 3.8) is 0 Å². The van der Waals surface area contributed by atoms with Gasteiger partial charge in [-0.3, -0.25) is 0 Å². The molecule has 0 unspecified atom stereocenters. The number of H-pyrrole nitrogens is 1. The lowest BCUT2D eigenvalue weighted by molar-refractivity contribution is 0.296. The van der Waals surface area contributed by atoms with Crippen molar-refractivity contribution in [2.75, 3.05) is 7.11 Å². The summed E-state index contributed by atoms with van der Waals surface area (Å²) < 4.78 is 5.25. The molecule has 0 atom stereocenters. The molecule has 3 nitrogen and oxygen atoms in total. The number of aromatic amines is 1. The first-order valence-corrected chi connectivity index (χ1v) is 6.67. The van der Waals surface area contributed by atoms with E-state index in [1.807, 2.05) is 12.1 Å². The molecule has 3 rings (SSSR count). The third-order valence-electron chi connectivity index (χ3n) is 4.11. The Bertz CT molecular complexity index is 553. The van der Waals surface area contributed by atoms with Gasteiger partial charge in [0.25, 0.3) is 0 Å². The van der Waals surface area contributed by atoms with E-state index in [4.69, 9.17) is 10.5 Å². The number of hydrogen-bond donors (Lipinski definition) is 2. The van der Waals surface area contributed by atoms with Crippen LogP contribution in [0.3, 0.4) is 0 Å². The van der Waals surface area contributed by atoms with E-state index < -0.39 is 0 Å². The molecule has 1 aromatic heterocycles. The van der Waals surface area contributed by atoms with Crippen LogP contribution in [0.5, 0.6) is 5.75 Å². The van der Waals surface area contributed by atoms with Crippen LogP contribution in [0.4, 0.5) is 0 Å². The van der Waals surface area contributed by atoms with Gasteiger partial charge in [0.1, 0.15) is 5.75 Å². The van der Waals surface area contributed by atoms with Gasteiger partial charge in [-0.15, -0.1) is 0 Å². The number of nitrogens with two attached hydrogens (primary N) is 1. The van der Waals surface area contributed by atoms with Gasteiger partial charge < -0.3 is 15.5 Å². The van der Waals surface area contributed by atoms with Crippen molar-refractivity contribution >= 4 is 10.9 Å². The van der Waals surface area contributed by atoms with Gasteiger partial charge in [-0.2, -0.15) is 0 Å². The molecule has 96 valence electrons. The maximum Gasteiger partial charge on any atom is 0.120 e. The third kappa shape index (κ3) is 1.89. The molecule has 1 heterocycles. The average Bonchev–Trinajstić information content (AvgIpc) is 2.83. The van der Waals surface area contributed by atoms with Gasteiger partial charge in [0, 0.05) is 17.3 Å². The molecule has 18 heavy (non-hydrogen) atoms. The number of ether oxygens (including phenoxy) is 1. The molecule has 3 N–H and O–H groups in total. The summed E-state index contributed by atoms with van der Waals surface area (Å²) >= 11 is 0. The Morgan fingerprint density at radius 2 is 1.94 bits per heavy atom. The van der Waals surface area contributed by atoms with Crippen LogP contribution in [-0.2, 0) is 5.54 Å². The van der Waals surface area contributed by atoms with Gasteiger partial charge in [-0.05, 0) is 36.4 Å². The second-order valence-electron chi connectivity index (χ2n) is 5.35. The van der Waals surface area contributed by atoms with E-state index in [1.54, 1.807) is 7.11 Å². The SMILES string of the molecule is COc1ccc2cc(C3(N)CCCCC3)[nH]c2c1. The van der Waals surface area contributed by atoms with E-state index in [9.17, 15) is 0 Å². The van der Waals surface area contributed by atoms with Crippen molar-refractivity contribution < 1.29 is 4.74 Å². The molecule has 0 spiro atoms. The molecular formula is C15H20N2O. The number of nitrogens with one attached hydrogen (secondary N) is 1. The zero-order valence-corrected chi connectivity index (χ0v) is 10.8. The third-order valence-corrected chi connectivity index (χ3v) is 4.11. The summed E-state index contributed by atoms with van der Waals surface area (Å²) in [7, 11) is 1.69. The van der Waals surface area contributed by atoms with Crippen LogP contribution in [0.1, 0.15) is 37.8 Å². The summed E-state index contributed by atoms with van der Waals surface area (Å²) in [6.07, 6.45) is 5.94. The highest BCUT2D eigenvalue weighted by molar-refractivity contribution is 5.82. The van der Waals surface area contributed by atoms with Gasteiger partial charge in [-0.1, -0.05) is 19.3 Å². The number of rotatable bonds is 2. The second kappa shape index (κ2) is 4.32. The van der Waals surface area contributed by atoms with E-state index in [0.29, 0.717) is 0 Å². The van der Waals surface area contributed by atoms with Crippen LogP contribution in [0.15, 0.2) is 24.3 Å². The Balaban J connectivity index is 2.02. The topological polar surface area (TPSA) is 51.0 Å². The zero-order valence-electron chi connectivity index (χ0n) is 10.8. The van der Waals surface area contributed by atoms with Crippen molar-refractivity contribution in [2.24, 2.45) is 5.73 Å². The highest BCUT2D eigenvalue weighted by Crippen LogP contribution is 2.36. The predicted octanol–water partition coefficient (Wildman–Crippen LogP) is 3.29. The quantitative estimate of drug-likeness (QED) is 0.851. The van der Waals surface area contributed by atoms with E-state index >= 15 is 0 Å². The Labute approximate surface area is 107 Å². The lowest BCUT2D eigenvalue weighted by Crippen LogP contribution is -2.38. The lowest BCUT2D eigenvalue weighted by Gasteiger charge is -2.32. The molecule has 1 aliphatic carbocycles. The van der Waals surface area contributed by atoms with E-state index in [1.165, 1.54) is 30.3 Å². The molecule has 1 aromatic carbocycles. The Morgan fingerprint density at radius 3 is 2.67 bits per heavy atom. The number of benzene rings is 1. The van der Waals surface area contributed by atoms with Crippen molar-refractivity contribution in [1.82, 2.24) is 4.98 Å². The monoisotopic (exact) mass is 244 g/mol. The molecule has 3 heteroatoms. The Kier molecular flexibility index (Phi) is 2.78. The zero-order chi connectivity index (χ0) is 12.6. The molecule has 1 aliphatic rings. The van der Waals surface area contributed by atoms with Crippen LogP contribution in [0.2, 0.25) is 0 Å². The number of aromatic nitrogens is 1. The summed E-state index contributed by atoms with van der Waals surface area (Å²) in [5, 5.41) is 1.21. The largest absolute Gasteiger partial charge is 0.497 e. The van der Waals surface area contributed by atoms with Gasteiger partial charge in [-0.25, -0.2) is 0 Å². The van der Waals surface area contributed by atoms with Crippen LogP contribution in [0, 0.1) is 0 Å². The van der Waals surface area contributed by atoms with Crippen molar-refractivity contribution in [2.45, 2.75) is 37.6 Å². The standard InChI is InChI=1S/C15H20N2O/c1-18-12-6-5-11-9-14(17-13(11)10-12)15(16)7-3-2-4-8-15/h5-6,9-10,17H,2-4,7-8,16H2,1H3. The maximum atomic E-state index is 6.55. The molecule has 0 saturated heterocycles. The summed E-state index contributed by atoms with van der Waals surface area (Å²) in [5.41, 5.74) is 8.67. The van der Waals surface area contributed by atoms with Gasteiger partial charge in [0.05, 0.1) is 12.6 Å². The summed E-state index contributed by atoms with van der Waals surface area (Å²) in [4.78, 5) is 3.48. The van der Waals surface area contributed by atoms with Gasteiger partial charge in [0.15, 0.2) is 0 Å². The normalized spacial score (nSPS) is 19.0. The summed E-state index contributed by atoms with van der Waals surface area (Å²) in [5.74, 6) is 0.880. The number of hydrogen-bond acceptors (Lipinski definition) is 2. The fourth-order valence-corrected chi connectivity index (χ4v) is 2.95. The van der Waals surface area contributed by atoms with Crippen LogP contribution < -0.4 is 10.5 Å². The number of fused-ring (bicyclic) bond motifs is 1. The van der Waals surface area contributed by atoms with E-state index in [0.717, 1.165) is 24.1 Å². The molecule has 0 amide bonds. The molecule has 0 bridgehead atoms. The molecule has 1 fully saturated rings. The predicted molar refractivity (Wildman–Crippen MR) is 73.8 cm³/mol. The van der Waals surface area contributed by atoms with Gasteiger partial charge in [0.2, 0.25) is 0 Å². The van der Waals surface area contributed by atoms with Crippen LogP contribution in [-0.4, -0.2) is 12.1 Å². The first kappa shape index (κ1) is 11.6. The average molecular weight is 244 g/mol. The minimum absolute atomic E-state index is 0.162. The molecule has 2 aromatic rings. The van der Waals surface area contributed by atoms with Crippen molar-refractivity contribution in [3.05, 3.63) is 30.0 Å². The highest BCUT2D eigenvalue weighted by atomic mass is 16.5. The first-order valence-electron chi connectivity index (χ1n) is 6.67. The van der Waals surface area contributed by atoms with Crippen LogP contribution >= 0.6 is 0 Å². The van der Waals surface area contributed by atoms with Crippen molar-refractivity contribution in [1.29, 1.82) is 0 Å². The van der Waals surface area contributed by atoms with E-state index in [-0.39, 0.29) is 5.54 Å². The molecule has 0 radical (unpaired) electrons. The smallest absolute Gasteiger partial charge is 0.120 e. The number of methoxy groups -OCH3 is 1. The van der Waals surface area contributed by atoms with Gasteiger partial charge >= 0.3 is 0 Å². The van der Waals surface area contributed by atoms with Crippen LogP contribution in [0.25, 0.3) is 10.9 Å². The second-order valence-corrected chi connectivity index (χ2v) is 5.35. The minimum atomic E-state index is -0.162. The molecule has 0 aliphatic heterocycles. The minimum Gasteiger partial charge on any atom is -0.497 e. The fraction of sp³-hybridized carbons (Fsp3) is 0.467. The van der Waals surface area contributed by atoms with E-state index in [2.05, 4.69) is 17.1 Å². The summed E-state index contributed by atoms with van der Waals surface area (Å²) in [6.45, 7) is 0. The Morgan fingerprint density at radius 1 is 1.17 bits per heavy atom. The molecule has 1 saturated carbocycles. The lowest BCUT2D eigenvalue weighted by atomic mass is 9.80.